The first-order chi connectivity index (χ1) is 7.93. The van der Waals surface area contributed by atoms with Crippen LogP contribution in [0.3, 0.4) is 0 Å². The topological polar surface area (TPSA) is 95.7 Å². The number of likely N-dealkylation sites (tertiary alicyclic amines) is 1. The van der Waals surface area contributed by atoms with Crippen LogP contribution in [0.2, 0.25) is 0 Å². The van der Waals surface area contributed by atoms with Crippen LogP contribution in [0.25, 0.3) is 0 Å². The molecule has 3 unspecified atom stereocenters. The number of hydrogen-bond donors (Lipinski definition) is 2. The quantitative estimate of drug-likeness (QED) is 0.753. The van der Waals surface area contributed by atoms with E-state index in [2.05, 4.69) is 5.10 Å². The van der Waals surface area contributed by atoms with Crippen LogP contribution in [0.5, 0.6) is 0 Å². The zero-order chi connectivity index (χ0) is 12.7. The SMILES string of the molecule is CN1C(=O)C(O)C(C(=O)O)C1c1cnn(C)c1.Cl. The minimum absolute atomic E-state index is 0. The van der Waals surface area contributed by atoms with Gasteiger partial charge in [-0.15, -0.1) is 12.4 Å². The van der Waals surface area contributed by atoms with Crippen LogP contribution < -0.4 is 0 Å². The molecule has 1 fully saturated rings. The van der Waals surface area contributed by atoms with Crippen molar-refractivity contribution in [1.29, 1.82) is 0 Å². The molecule has 100 valence electrons. The Morgan fingerprint density at radius 1 is 1.44 bits per heavy atom. The molecule has 2 rings (SSSR count). The molecule has 8 heteroatoms. The van der Waals surface area contributed by atoms with E-state index in [-0.39, 0.29) is 12.4 Å². The van der Waals surface area contributed by atoms with Crippen molar-refractivity contribution in [3.63, 3.8) is 0 Å². The molecule has 2 N–H and O–H groups in total. The Bertz CT molecular complexity index is 475. The third kappa shape index (κ3) is 2.06. The highest BCUT2D eigenvalue weighted by Crippen LogP contribution is 2.37. The van der Waals surface area contributed by atoms with Crippen LogP contribution in [0.4, 0.5) is 0 Å². The van der Waals surface area contributed by atoms with Crippen molar-refractivity contribution in [1.82, 2.24) is 14.7 Å². The van der Waals surface area contributed by atoms with E-state index in [9.17, 15) is 14.7 Å². The number of aliphatic hydroxyl groups excluding tert-OH is 1. The van der Waals surface area contributed by atoms with Gasteiger partial charge >= 0.3 is 5.97 Å². The van der Waals surface area contributed by atoms with Crippen LogP contribution >= 0.6 is 12.4 Å². The Morgan fingerprint density at radius 3 is 2.50 bits per heavy atom. The zero-order valence-electron chi connectivity index (χ0n) is 9.85. The van der Waals surface area contributed by atoms with Gasteiger partial charge in [0.2, 0.25) is 0 Å². The molecule has 0 bridgehead atoms. The Hall–Kier alpha value is -1.60. The van der Waals surface area contributed by atoms with Crippen LogP contribution in [0.1, 0.15) is 11.6 Å². The summed E-state index contributed by atoms with van der Waals surface area (Å²) in [5.74, 6) is -2.92. The number of aryl methyl sites for hydroxylation is 1. The number of aliphatic carboxylic acids is 1. The fourth-order valence-corrected chi connectivity index (χ4v) is 2.21. The average molecular weight is 276 g/mol. The van der Waals surface area contributed by atoms with E-state index >= 15 is 0 Å². The van der Waals surface area contributed by atoms with Crippen molar-refractivity contribution >= 4 is 24.3 Å². The molecule has 7 nitrogen and oxygen atoms in total. The van der Waals surface area contributed by atoms with Gasteiger partial charge in [-0.25, -0.2) is 0 Å². The number of aliphatic hydroxyl groups is 1. The van der Waals surface area contributed by atoms with Gasteiger partial charge in [0.05, 0.1) is 12.2 Å². The number of carboxylic acids is 1. The monoisotopic (exact) mass is 275 g/mol. The second-order valence-electron chi connectivity index (χ2n) is 4.15. The number of aromatic nitrogens is 2. The maximum Gasteiger partial charge on any atom is 0.312 e. The number of halogens is 1. The molecule has 0 aliphatic carbocycles. The maximum absolute atomic E-state index is 11.6. The molecule has 3 atom stereocenters. The number of carboxylic acid groups (broad SMARTS) is 1. The van der Waals surface area contributed by atoms with E-state index in [0.717, 1.165) is 0 Å². The number of rotatable bonds is 2. The van der Waals surface area contributed by atoms with Gasteiger partial charge in [0.1, 0.15) is 12.0 Å². The Morgan fingerprint density at radius 2 is 2.06 bits per heavy atom. The van der Waals surface area contributed by atoms with E-state index < -0.39 is 29.9 Å². The molecule has 2 heterocycles. The lowest BCUT2D eigenvalue weighted by atomic mass is 9.94. The smallest absolute Gasteiger partial charge is 0.312 e. The standard InChI is InChI=1S/C10H13N3O4.ClH/c1-12-4-5(3-11-12)7-6(10(16)17)8(14)9(15)13(7)2;/h3-4,6-8,14H,1-2H3,(H,16,17);1H. The summed E-state index contributed by atoms with van der Waals surface area (Å²) in [5, 5.41) is 22.7. The first kappa shape index (κ1) is 14.5. The van der Waals surface area contributed by atoms with Gasteiger partial charge in [0.15, 0.2) is 0 Å². The molecular formula is C10H14ClN3O4. The Balaban J connectivity index is 0.00000162. The second kappa shape index (κ2) is 4.95. The number of carbonyl (C=O) groups excluding carboxylic acids is 1. The largest absolute Gasteiger partial charge is 0.481 e. The zero-order valence-corrected chi connectivity index (χ0v) is 10.7. The predicted molar refractivity (Wildman–Crippen MR) is 63.1 cm³/mol. The van der Waals surface area contributed by atoms with E-state index in [1.165, 1.54) is 22.8 Å². The van der Waals surface area contributed by atoms with E-state index in [4.69, 9.17) is 5.11 Å². The molecule has 1 aliphatic rings. The molecule has 0 radical (unpaired) electrons. The lowest BCUT2D eigenvalue weighted by Gasteiger charge is -2.21. The third-order valence-corrected chi connectivity index (χ3v) is 3.05. The van der Waals surface area contributed by atoms with E-state index in [1.54, 1.807) is 13.2 Å². The van der Waals surface area contributed by atoms with Gasteiger partial charge in [-0.05, 0) is 0 Å². The fourth-order valence-electron chi connectivity index (χ4n) is 2.21. The van der Waals surface area contributed by atoms with E-state index in [0.29, 0.717) is 5.56 Å². The minimum atomic E-state index is -1.50. The Labute approximate surface area is 109 Å². The van der Waals surface area contributed by atoms with Gasteiger partial charge < -0.3 is 15.1 Å². The fraction of sp³-hybridized carbons (Fsp3) is 0.500. The molecule has 1 saturated heterocycles. The molecule has 18 heavy (non-hydrogen) atoms. The molecule has 1 amide bonds. The number of hydrogen-bond acceptors (Lipinski definition) is 4. The van der Waals surface area contributed by atoms with Crippen LogP contribution in [-0.2, 0) is 16.6 Å². The molecular weight excluding hydrogens is 262 g/mol. The van der Waals surface area contributed by atoms with Crippen LogP contribution in [0, 0.1) is 5.92 Å². The van der Waals surface area contributed by atoms with Crippen molar-refractivity contribution in [3.05, 3.63) is 18.0 Å². The highest BCUT2D eigenvalue weighted by molar-refractivity contribution is 5.91. The first-order valence-corrected chi connectivity index (χ1v) is 5.09. The summed E-state index contributed by atoms with van der Waals surface area (Å²) in [6.45, 7) is 0. The minimum Gasteiger partial charge on any atom is -0.481 e. The Kier molecular flexibility index (Phi) is 3.98. The van der Waals surface area contributed by atoms with Crippen molar-refractivity contribution in [2.45, 2.75) is 12.1 Å². The predicted octanol–water partition coefficient (Wildman–Crippen LogP) is -0.583. The molecule has 0 spiro atoms. The van der Waals surface area contributed by atoms with Crippen LogP contribution in [-0.4, -0.2) is 49.9 Å². The summed E-state index contributed by atoms with van der Waals surface area (Å²) in [5.41, 5.74) is 0.604. The van der Waals surface area contributed by atoms with Crippen molar-refractivity contribution in [2.75, 3.05) is 7.05 Å². The summed E-state index contributed by atoms with van der Waals surface area (Å²) in [6.07, 6.45) is 1.65. The van der Waals surface area contributed by atoms with Crippen molar-refractivity contribution in [3.8, 4) is 0 Å². The highest BCUT2D eigenvalue weighted by Gasteiger charge is 2.50. The molecule has 1 aromatic heterocycles. The van der Waals surface area contributed by atoms with Gasteiger partial charge in [0, 0.05) is 25.9 Å². The van der Waals surface area contributed by atoms with Crippen molar-refractivity contribution < 1.29 is 19.8 Å². The summed E-state index contributed by atoms with van der Waals surface area (Å²) >= 11 is 0. The number of likely N-dealkylation sites (N-methyl/N-ethyl adjacent to an activating group) is 1. The second-order valence-corrected chi connectivity index (χ2v) is 4.15. The van der Waals surface area contributed by atoms with E-state index in [1.807, 2.05) is 0 Å². The summed E-state index contributed by atoms with van der Waals surface area (Å²) < 4.78 is 1.53. The molecule has 1 aliphatic heterocycles. The lowest BCUT2D eigenvalue weighted by Crippen LogP contribution is -2.29. The summed E-state index contributed by atoms with van der Waals surface area (Å²) in [6, 6.07) is -0.677. The molecule has 0 aromatic carbocycles. The lowest BCUT2D eigenvalue weighted by molar-refractivity contribution is -0.147. The number of nitrogens with zero attached hydrogens (tertiary/aromatic N) is 3. The third-order valence-electron chi connectivity index (χ3n) is 3.05. The van der Waals surface area contributed by atoms with Gasteiger partial charge in [0.25, 0.3) is 5.91 Å². The van der Waals surface area contributed by atoms with Gasteiger partial charge in [-0.2, -0.15) is 5.10 Å². The molecule has 1 aromatic rings. The maximum atomic E-state index is 11.6. The number of amides is 1. The van der Waals surface area contributed by atoms with Gasteiger partial charge in [-0.1, -0.05) is 0 Å². The summed E-state index contributed by atoms with van der Waals surface area (Å²) in [7, 11) is 3.18. The average Bonchev–Trinajstić information content (AvgIpc) is 2.76. The molecule has 0 saturated carbocycles. The number of carbonyl (C=O) groups is 2. The summed E-state index contributed by atoms with van der Waals surface area (Å²) in [4.78, 5) is 24.0. The normalized spacial score (nSPS) is 27.2. The highest BCUT2D eigenvalue weighted by atomic mass is 35.5. The first-order valence-electron chi connectivity index (χ1n) is 5.09. The van der Waals surface area contributed by atoms with Crippen LogP contribution in [0.15, 0.2) is 12.4 Å². The van der Waals surface area contributed by atoms with Crippen molar-refractivity contribution in [2.24, 2.45) is 13.0 Å². The van der Waals surface area contributed by atoms with Gasteiger partial charge in [-0.3, -0.25) is 14.3 Å².